The molecule has 0 saturated carbocycles. The van der Waals surface area contributed by atoms with Gasteiger partial charge in [0.1, 0.15) is 5.75 Å². The lowest BCUT2D eigenvalue weighted by Gasteiger charge is -2.19. The third-order valence-corrected chi connectivity index (χ3v) is 4.60. The Labute approximate surface area is 148 Å². The van der Waals surface area contributed by atoms with E-state index in [9.17, 15) is 4.79 Å². The van der Waals surface area contributed by atoms with E-state index in [2.05, 4.69) is 15.3 Å². The second-order valence-electron chi connectivity index (χ2n) is 6.66. The van der Waals surface area contributed by atoms with Gasteiger partial charge >= 0.3 is 0 Å². The molecule has 1 saturated heterocycles. The molecule has 2 atom stereocenters. The van der Waals surface area contributed by atoms with Crippen LogP contribution in [0, 0.1) is 5.92 Å². The van der Waals surface area contributed by atoms with Crippen molar-refractivity contribution in [3.63, 3.8) is 0 Å². The maximum atomic E-state index is 12.4. The predicted molar refractivity (Wildman–Crippen MR) is 97.7 cm³/mol. The van der Waals surface area contributed by atoms with Gasteiger partial charge in [0, 0.05) is 38.3 Å². The van der Waals surface area contributed by atoms with Crippen molar-refractivity contribution in [2.45, 2.75) is 25.8 Å². The molecule has 1 N–H and O–H groups in total. The van der Waals surface area contributed by atoms with E-state index in [1.807, 2.05) is 56.7 Å². The minimum absolute atomic E-state index is 0.0591. The normalized spacial score (nSPS) is 18.2. The Bertz CT molecular complexity index is 686. The first-order valence-electron chi connectivity index (χ1n) is 8.83. The molecule has 6 heteroatoms. The summed E-state index contributed by atoms with van der Waals surface area (Å²) < 4.78 is 7.48. The molecule has 25 heavy (non-hydrogen) atoms. The van der Waals surface area contributed by atoms with E-state index in [-0.39, 0.29) is 17.9 Å². The van der Waals surface area contributed by atoms with Gasteiger partial charge in [-0.1, -0.05) is 25.1 Å². The maximum absolute atomic E-state index is 12.4. The number of carbonyl (C=O) groups excluding carboxylic acids is 1. The molecular weight excluding hydrogens is 316 g/mol. The van der Waals surface area contributed by atoms with Gasteiger partial charge in [-0.2, -0.15) is 5.10 Å². The Kier molecular flexibility index (Phi) is 5.58. The molecule has 2 aromatic rings. The number of nitrogens with one attached hydrogen (secondary N) is 1. The predicted octanol–water partition coefficient (Wildman–Crippen LogP) is 2.22. The Hall–Kier alpha value is -2.50. The molecule has 2 heterocycles. The van der Waals surface area contributed by atoms with Crippen LogP contribution in [-0.2, 0) is 11.8 Å². The molecule has 1 amide bonds. The Morgan fingerprint density at radius 3 is 2.92 bits per heavy atom. The van der Waals surface area contributed by atoms with Crippen LogP contribution in [0.3, 0.4) is 0 Å². The number of aromatic nitrogens is 2. The van der Waals surface area contributed by atoms with Gasteiger partial charge in [-0.3, -0.25) is 9.48 Å². The molecule has 0 unspecified atom stereocenters. The molecule has 0 aliphatic carbocycles. The SMILES string of the molecule is C[C@H](CCOc1ccccc1)C(=O)N[C@@H]1CCN(c2cnn(C)c2)C1. The molecule has 1 aliphatic rings. The van der Waals surface area contributed by atoms with Gasteiger partial charge in [-0.15, -0.1) is 0 Å². The van der Waals surface area contributed by atoms with Crippen molar-refractivity contribution >= 4 is 11.6 Å². The number of nitrogens with zero attached hydrogens (tertiary/aromatic N) is 3. The molecule has 1 aliphatic heterocycles. The first-order valence-corrected chi connectivity index (χ1v) is 8.83. The molecule has 134 valence electrons. The zero-order valence-corrected chi connectivity index (χ0v) is 14.9. The molecule has 0 radical (unpaired) electrons. The molecule has 0 bridgehead atoms. The lowest BCUT2D eigenvalue weighted by atomic mass is 10.1. The van der Waals surface area contributed by atoms with Crippen LogP contribution in [0.1, 0.15) is 19.8 Å². The molecular formula is C19H26N4O2. The van der Waals surface area contributed by atoms with Gasteiger partial charge in [-0.25, -0.2) is 0 Å². The van der Waals surface area contributed by atoms with E-state index in [1.54, 1.807) is 4.68 Å². The number of para-hydroxylation sites is 1. The van der Waals surface area contributed by atoms with Crippen molar-refractivity contribution in [1.82, 2.24) is 15.1 Å². The lowest BCUT2D eigenvalue weighted by Crippen LogP contribution is -2.40. The van der Waals surface area contributed by atoms with Gasteiger partial charge in [0.2, 0.25) is 5.91 Å². The molecule has 1 fully saturated rings. The second-order valence-corrected chi connectivity index (χ2v) is 6.66. The lowest BCUT2D eigenvalue weighted by molar-refractivity contribution is -0.125. The zero-order valence-electron chi connectivity index (χ0n) is 14.9. The van der Waals surface area contributed by atoms with Gasteiger partial charge in [0.25, 0.3) is 0 Å². The molecule has 1 aromatic heterocycles. The monoisotopic (exact) mass is 342 g/mol. The quantitative estimate of drug-likeness (QED) is 0.838. The van der Waals surface area contributed by atoms with E-state index in [1.165, 1.54) is 0 Å². The van der Waals surface area contributed by atoms with Crippen molar-refractivity contribution in [3.8, 4) is 5.75 Å². The van der Waals surface area contributed by atoms with Crippen LogP contribution in [0.2, 0.25) is 0 Å². The average molecular weight is 342 g/mol. The first kappa shape index (κ1) is 17.3. The van der Waals surface area contributed by atoms with Crippen molar-refractivity contribution in [3.05, 3.63) is 42.7 Å². The van der Waals surface area contributed by atoms with Crippen molar-refractivity contribution in [1.29, 1.82) is 0 Å². The van der Waals surface area contributed by atoms with Crippen LogP contribution >= 0.6 is 0 Å². The maximum Gasteiger partial charge on any atom is 0.223 e. The highest BCUT2D eigenvalue weighted by molar-refractivity contribution is 5.78. The number of ether oxygens (including phenoxy) is 1. The number of carbonyl (C=O) groups is 1. The molecule has 1 aromatic carbocycles. The van der Waals surface area contributed by atoms with Crippen LogP contribution < -0.4 is 15.0 Å². The van der Waals surface area contributed by atoms with Gasteiger partial charge in [0.05, 0.1) is 18.5 Å². The van der Waals surface area contributed by atoms with Crippen LogP contribution in [0.5, 0.6) is 5.75 Å². The number of benzene rings is 1. The van der Waals surface area contributed by atoms with Gasteiger partial charge in [0.15, 0.2) is 0 Å². The summed E-state index contributed by atoms with van der Waals surface area (Å²) in [6, 6.07) is 9.90. The fourth-order valence-electron chi connectivity index (χ4n) is 3.03. The highest BCUT2D eigenvalue weighted by atomic mass is 16.5. The molecule has 0 spiro atoms. The summed E-state index contributed by atoms with van der Waals surface area (Å²) in [5, 5.41) is 7.38. The van der Waals surface area contributed by atoms with E-state index in [0.717, 1.165) is 30.9 Å². The van der Waals surface area contributed by atoms with Gasteiger partial charge < -0.3 is 15.0 Å². The number of hydrogen-bond donors (Lipinski definition) is 1. The first-order chi connectivity index (χ1) is 12.1. The summed E-state index contributed by atoms with van der Waals surface area (Å²) in [6.07, 6.45) is 5.55. The van der Waals surface area contributed by atoms with E-state index in [4.69, 9.17) is 4.74 Å². The summed E-state index contributed by atoms with van der Waals surface area (Å²) >= 11 is 0. The fourth-order valence-corrected chi connectivity index (χ4v) is 3.03. The summed E-state index contributed by atoms with van der Waals surface area (Å²) in [6.45, 7) is 4.29. The number of amides is 1. The van der Waals surface area contributed by atoms with Crippen LogP contribution in [0.4, 0.5) is 5.69 Å². The summed E-state index contributed by atoms with van der Waals surface area (Å²) in [5.74, 6) is 0.892. The third kappa shape index (κ3) is 4.75. The minimum Gasteiger partial charge on any atom is -0.494 e. The zero-order chi connectivity index (χ0) is 17.6. The standard InChI is InChI=1S/C19H26N4O2/c1-15(9-11-25-18-6-4-3-5-7-18)19(24)21-16-8-10-23(13-16)17-12-20-22(2)14-17/h3-7,12,14-16H,8-11,13H2,1-2H3,(H,21,24)/t15-,16-/m1/s1. The van der Waals surface area contributed by atoms with E-state index >= 15 is 0 Å². The highest BCUT2D eigenvalue weighted by Crippen LogP contribution is 2.19. The number of aryl methyl sites for hydroxylation is 1. The topological polar surface area (TPSA) is 59.4 Å². The third-order valence-electron chi connectivity index (χ3n) is 4.60. The summed E-state index contributed by atoms with van der Waals surface area (Å²) in [7, 11) is 1.91. The van der Waals surface area contributed by atoms with E-state index in [0.29, 0.717) is 13.0 Å². The van der Waals surface area contributed by atoms with Crippen LogP contribution in [0.15, 0.2) is 42.7 Å². The largest absolute Gasteiger partial charge is 0.494 e. The molecule has 6 nitrogen and oxygen atoms in total. The molecule has 3 rings (SSSR count). The second kappa shape index (κ2) is 8.05. The van der Waals surface area contributed by atoms with Crippen molar-refractivity contribution in [2.75, 3.05) is 24.6 Å². The summed E-state index contributed by atoms with van der Waals surface area (Å²) in [5.41, 5.74) is 1.11. The Morgan fingerprint density at radius 1 is 1.40 bits per heavy atom. The average Bonchev–Trinajstić information content (AvgIpc) is 3.24. The fraction of sp³-hybridized carbons (Fsp3) is 0.474. The smallest absolute Gasteiger partial charge is 0.223 e. The van der Waals surface area contributed by atoms with E-state index < -0.39 is 0 Å². The number of anilines is 1. The number of rotatable bonds is 7. The van der Waals surface area contributed by atoms with Gasteiger partial charge in [-0.05, 0) is 25.0 Å². The number of hydrogen-bond acceptors (Lipinski definition) is 4. The highest BCUT2D eigenvalue weighted by Gasteiger charge is 2.26. The Morgan fingerprint density at radius 2 is 2.20 bits per heavy atom. The van der Waals surface area contributed by atoms with Crippen molar-refractivity contribution < 1.29 is 9.53 Å². The Balaban J connectivity index is 1.39. The summed E-state index contributed by atoms with van der Waals surface area (Å²) in [4.78, 5) is 14.7. The van der Waals surface area contributed by atoms with Crippen LogP contribution in [0.25, 0.3) is 0 Å². The van der Waals surface area contributed by atoms with Crippen LogP contribution in [-0.4, -0.2) is 41.4 Å². The van der Waals surface area contributed by atoms with Crippen molar-refractivity contribution in [2.24, 2.45) is 13.0 Å². The minimum atomic E-state index is -0.0591.